The molecule has 5 nitrogen and oxygen atoms in total. The highest BCUT2D eigenvalue weighted by molar-refractivity contribution is 9.10. The number of hydrazone groups is 1. The lowest BCUT2D eigenvalue weighted by Crippen LogP contribution is -2.26. The molecule has 0 fully saturated rings. The van der Waals surface area contributed by atoms with E-state index in [1.54, 1.807) is 24.4 Å². The van der Waals surface area contributed by atoms with Crippen molar-refractivity contribution in [3.05, 3.63) is 57.5 Å². The molecule has 126 valence electrons. The topological polar surface area (TPSA) is 62.7 Å². The number of amides is 1. The van der Waals surface area contributed by atoms with Crippen LogP contribution in [0.4, 0.5) is 5.69 Å². The zero-order chi connectivity index (χ0) is 17.4. The third-order valence-electron chi connectivity index (χ3n) is 2.96. The number of carbonyl (C=O) groups excluding carboxylic acids is 1. The second kappa shape index (κ2) is 9.30. The molecule has 0 radical (unpaired) electrons. The SMILES string of the molecule is CCOc1ccc(C=NNC(=O)CNc2ccc(Cl)cc2Br)cc1. The summed E-state index contributed by atoms with van der Waals surface area (Å²) in [4.78, 5) is 11.8. The van der Waals surface area contributed by atoms with Crippen molar-refractivity contribution in [1.29, 1.82) is 0 Å². The van der Waals surface area contributed by atoms with E-state index in [0.717, 1.165) is 21.5 Å². The minimum Gasteiger partial charge on any atom is -0.494 e. The lowest BCUT2D eigenvalue weighted by atomic mass is 10.2. The number of ether oxygens (including phenoxy) is 1. The number of nitrogens with zero attached hydrogens (tertiary/aromatic N) is 1. The van der Waals surface area contributed by atoms with Crippen LogP contribution in [0, 0.1) is 0 Å². The lowest BCUT2D eigenvalue weighted by molar-refractivity contribution is -0.119. The fourth-order valence-corrected chi connectivity index (χ4v) is 2.67. The molecule has 0 saturated carbocycles. The maximum atomic E-state index is 11.8. The smallest absolute Gasteiger partial charge is 0.259 e. The van der Waals surface area contributed by atoms with Gasteiger partial charge in [-0.2, -0.15) is 5.10 Å². The van der Waals surface area contributed by atoms with Gasteiger partial charge >= 0.3 is 0 Å². The Morgan fingerprint density at radius 2 is 2.04 bits per heavy atom. The molecule has 2 N–H and O–H groups in total. The average molecular weight is 411 g/mol. The fourth-order valence-electron chi connectivity index (χ4n) is 1.84. The van der Waals surface area contributed by atoms with E-state index < -0.39 is 0 Å². The number of benzene rings is 2. The largest absolute Gasteiger partial charge is 0.494 e. The van der Waals surface area contributed by atoms with Gasteiger partial charge in [0.15, 0.2) is 0 Å². The Balaban J connectivity index is 1.80. The first kappa shape index (κ1) is 18.3. The normalized spacial score (nSPS) is 10.6. The van der Waals surface area contributed by atoms with Crippen LogP contribution < -0.4 is 15.5 Å². The summed E-state index contributed by atoms with van der Waals surface area (Å²) < 4.78 is 6.15. The molecule has 0 aromatic heterocycles. The minimum atomic E-state index is -0.251. The molecule has 24 heavy (non-hydrogen) atoms. The molecule has 0 aliphatic rings. The van der Waals surface area contributed by atoms with E-state index in [1.165, 1.54) is 0 Å². The van der Waals surface area contributed by atoms with Gasteiger partial charge in [-0.05, 0) is 70.9 Å². The zero-order valence-electron chi connectivity index (χ0n) is 13.1. The average Bonchev–Trinajstić information content (AvgIpc) is 2.56. The van der Waals surface area contributed by atoms with Crippen LogP contribution in [0.2, 0.25) is 5.02 Å². The molecule has 7 heteroatoms. The Bertz CT molecular complexity index is 720. The maximum Gasteiger partial charge on any atom is 0.259 e. The molecule has 0 saturated heterocycles. The second-order valence-corrected chi connectivity index (χ2v) is 6.06. The Labute approximate surface area is 154 Å². The van der Waals surface area contributed by atoms with Crippen LogP contribution in [0.3, 0.4) is 0 Å². The van der Waals surface area contributed by atoms with Crippen LogP contribution in [0.5, 0.6) is 5.75 Å². The number of anilines is 1. The van der Waals surface area contributed by atoms with E-state index in [1.807, 2.05) is 31.2 Å². The standard InChI is InChI=1S/C17H17BrClN3O2/c1-2-24-14-6-3-12(4-7-14)10-21-22-17(23)11-20-16-8-5-13(19)9-15(16)18/h3-10,20H,2,11H2,1H3,(H,22,23). The van der Waals surface area contributed by atoms with Crippen molar-refractivity contribution in [2.24, 2.45) is 5.10 Å². The number of hydrogen-bond donors (Lipinski definition) is 2. The first-order chi connectivity index (χ1) is 11.6. The molecule has 0 spiro atoms. The monoisotopic (exact) mass is 409 g/mol. The van der Waals surface area contributed by atoms with E-state index in [9.17, 15) is 4.79 Å². The highest BCUT2D eigenvalue weighted by atomic mass is 79.9. The van der Waals surface area contributed by atoms with Gasteiger partial charge in [0.1, 0.15) is 5.75 Å². The quantitative estimate of drug-likeness (QED) is 0.534. The van der Waals surface area contributed by atoms with Crippen LogP contribution in [0.15, 0.2) is 52.0 Å². The summed E-state index contributed by atoms with van der Waals surface area (Å²) >= 11 is 9.25. The number of hydrogen-bond acceptors (Lipinski definition) is 4. The van der Waals surface area contributed by atoms with E-state index in [4.69, 9.17) is 16.3 Å². The summed E-state index contributed by atoms with van der Waals surface area (Å²) in [5, 5.41) is 7.55. The fraction of sp³-hybridized carbons (Fsp3) is 0.176. The first-order valence-electron chi connectivity index (χ1n) is 7.32. The first-order valence-corrected chi connectivity index (χ1v) is 8.49. The van der Waals surface area contributed by atoms with Crippen molar-refractivity contribution in [2.75, 3.05) is 18.5 Å². The number of carbonyl (C=O) groups is 1. The van der Waals surface area contributed by atoms with Crippen molar-refractivity contribution in [3.63, 3.8) is 0 Å². The zero-order valence-corrected chi connectivity index (χ0v) is 15.4. The Morgan fingerprint density at radius 3 is 2.71 bits per heavy atom. The lowest BCUT2D eigenvalue weighted by Gasteiger charge is -2.07. The van der Waals surface area contributed by atoms with Gasteiger partial charge in [-0.3, -0.25) is 4.79 Å². The second-order valence-electron chi connectivity index (χ2n) is 4.77. The molecule has 0 atom stereocenters. The molecule has 2 aromatic rings. The van der Waals surface area contributed by atoms with Crippen molar-refractivity contribution in [1.82, 2.24) is 5.43 Å². The Morgan fingerprint density at radius 1 is 1.29 bits per heavy atom. The van der Waals surface area contributed by atoms with Crippen LogP contribution in [0.25, 0.3) is 0 Å². The molecule has 2 rings (SSSR count). The van der Waals surface area contributed by atoms with Crippen LogP contribution in [-0.2, 0) is 4.79 Å². The number of rotatable bonds is 7. The molecule has 0 heterocycles. The van der Waals surface area contributed by atoms with E-state index in [-0.39, 0.29) is 12.5 Å². The van der Waals surface area contributed by atoms with E-state index in [0.29, 0.717) is 11.6 Å². The van der Waals surface area contributed by atoms with Gasteiger partial charge in [-0.25, -0.2) is 5.43 Å². The summed E-state index contributed by atoms with van der Waals surface area (Å²) in [6.45, 7) is 2.66. The van der Waals surface area contributed by atoms with Crippen molar-refractivity contribution in [3.8, 4) is 5.75 Å². The van der Waals surface area contributed by atoms with Crippen molar-refractivity contribution >= 4 is 45.3 Å². The molecule has 0 aliphatic heterocycles. The third kappa shape index (κ3) is 5.86. The highest BCUT2D eigenvalue weighted by Gasteiger charge is 2.03. The summed E-state index contributed by atoms with van der Waals surface area (Å²) in [5.41, 5.74) is 4.12. The van der Waals surface area contributed by atoms with Gasteiger partial charge in [0.05, 0.1) is 19.4 Å². The van der Waals surface area contributed by atoms with Crippen molar-refractivity contribution < 1.29 is 9.53 Å². The van der Waals surface area contributed by atoms with Gasteiger partial charge in [0.2, 0.25) is 0 Å². The Kier molecular flexibility index (Phi) is 7.08. The Hall–Kier alpha value is -2.05. The molecular weight excluding hydrogens is 394 g/mol. The molecular formula is C17H17BrClN3O2. The van der Waals surface area contributed by atoms with Crippen LogP contribution >= 0.6 is 27.5 Å². The summed E-state index contributed by atoms with van der Waals surface area (Å²) in [6.07, 6.45) is 1.58. The van der Waals surface area contributed by atoms with Crippen LogP contribution in [0.1, 0.15) is 12.5 Å². The molecule has 0 unspecified atom stereocenters. The van der Waals surface area contributed by atoms with Gasteiger partial charge in [-0.15, -0.1) is 0 Å². The third-order valence-corrected chi connectivity index (χ3v) is 3.86. The predicted octanol–water partition coefficient (Wildman–Crippen LogP) is 4.06. The van der Waals surface area contributed by atoms with Gasteiger partial charge in [0.25, 0.3) is 5.91 Å². The van der Waals surface area contributed by atoms with Gasteiger partial charge in [-0.1, -0.05) is 11.6 Å². The van der Waals surface area contributed by atoms with E-state index in [2.05, 4.69) is 31.8 Å². The number of nitrogens with one attached hydrogen (secondary N) is 2. The predicted molar refractivity (Wildman–Crippen MR) is 101 cm³/mol. The molecule has 1 amide bonds. The van der Waals surface area contributed by atoms with Crippen molar-refractivity contribution in [2.45, 2.75) is 6.92 Å². The van der Waals surface area contributed by atoms with Gasteiger partial charge < -0.3 is 10.1 Å². The molecule has 0 bridgehead atoms. The summed E-state index contributed by atoms with van der Waals surface area (Å²) in [7, 11) is 0. The molecule has 0 aliphatic carbocycles. The van der Waals surface area contributed by atoms with Crippen LogP contribution in [-0.4, -0.2) is 25.3 Å². The minimum absolute atomic E-state index is 0.0981. The number of halogens is 2. The van der Waals surface area contributed by atoms with E-state index >= 15 is 0 Å². The maximum absolute atomic E-state index is 11.8. The van der Waals surface area contributed by atoms with Gasteiger partial charge in [0, 0.05) is 15.2 Å². The molecule has 2 aromatic carbocycles. The highest BCUT2D eigenvalue weighted by Crippen LogP contribution is 2.25. The summed E-state index contributed by atoms with van der Waals surface area (Å²) in [5.74, 6) is 0.551. The summed E-state index contributed by atoms with van der Waals surface area (Å²) in [6, 6.07) is 12.7.